The average molecular weight is 263 g/mol. The van der Waals surface area contributed by atoms with Crippen LogP contribution < -0.4 is 14.8 Å². The maximum Gasteiger partial charge on any atom is 0.166 e. The van der Waals surface area contributed by atoms with Crippen LogP contribution in [0.2, 0.25) is 0 Å². The Bertz CT molecular complexity index is 402. The smallest absolute Gasteiger partial charge is 0.166 e. The number of rotatable bonds is 9. The second kappa shape index (κ2) is 8.59. The molecular weight excluding hydrogens is 238 g/mol. The molecule has 0 atom stereocenters. The molecule has 0 heterocycles. The molecule has 0 spiro atoms. The van der Waals surface area contributed by atoms with Crippen molar-refractivity contribution in [2.45, 2.75) is 33.7 Å². The zero-order valence-corrected chi connectivity index (χ0v) is 12.3. The van der Waals surface area contributed by atoms with Crippen molar-refractivity contribution in [3.8, 4) is 11.5 Å². The van der Waals surface area contributed by atoms with Crippen LogP contribution in [0, 0.1) is 0 Å². The molecule has 0 aliphatic heterocycles. The molecule has 0 aromatic heterocycles. The molecule has 0 radical (unpaired) electrons. The first-order chi connectivity index (χ1) is 9.19. The number of nitrogens with one attached hydrogen (secondary N) is 1. The van der Waals surface area contributed by atoms with Crippen molar-refractivity contribution in [1.82, 2.24) is 5.32 Å². The van der Waals surface area contributed by atoms with Gasteiger partial charge >= 0.3 is 0 Å². The Kier molecular flexibility index (Phi) is 7.04. The van der Waals surface area contributed by atoms with Crippen molar-refractivity contribution in [1.29, 1.82) is 0 Å². The van der Waals surface area contributed by atoms with Gasteiger partial charge in [0.25, 0.3) is 0 Å². The van der Waals surface area contributed by atoms with E-state index >= 15 is 0 Å². The summed E-state index contributed by atoms with van der Waals surface area (Å²) in [5.74, 6) is 1.63. The third kappa shape index (κ3) is 5.35. The number of hydrogen-bond acceptors (Lipinski definition) is 3. The van der Waals surface area contributed by atoms with Gasteiger partial charge in [-0.2, -0.15) is 0 Å². The quantitative estimate of drug-likeness (QED) is 0.546. The summed E-state index contributed by atoms with van der Waals surface area (Å²) in [6.07, 6.45) is 1.12. The molecule has 3 nitrogen and oxygen atoms in total. The highest BCUT2D eigenvalue weighted by Gasteiger charge is 2.10. The summed E-state index contributed by atoms with van der Waals surface area (Å²) < 4.78 is 11.5. The Morgan fingerprint density at radius 2 is 2.05 bits per heavy atom. The normalized spacial score (nSPS) is 10.3. The standard InChI is InChI=1S/C16H25NO2/c1-5-10-17-11-14-8-7-9-15(18-6-2)16(14)19-12-13(3)4/h7-9,17H,3,5-6,10-12H2,1-2,4H3. The lowest BCUT2D eigenvalue weighted by molar-refractivity contribution is 0.290. The van der Waals surface area contributed by atoms with Gasteiger partial charge in [0.2, 0.25) is 0 Å². The van der Waals surface area contributed by atoms with E-state index in [1.165, 1.54) is 0 Å². The third-order valence-corrected chi connectivity index (χ3v) is 2.57. The Morgan fingerprint density at radius 1 is 1.26 bits per heavy atom. The van der Waals surface area contributed by atoms with E-state index in [2.05, 4.69) is 24.9 Å². The first-order valence-electron chi connectivity index (χ1n) is 6.91. The van der Waals surface area contributed by atoms with E-state index in [0.29, 0.717) is 13.2 Å². The predicted octanol–water partition coefficient (Wildman–Crippen LogP) is 3.54. The lowest BCUT2D eigenvalue weighted by atomic mass is 10.1. The largest absolute Gasteiger partial charge is 0.490 e. The maximum atomic E-state index is 5.85. The molecule has 0 unspecified atom stereocenters. The molecule has 0 bridgehead atoms. The van der Waals surface area contributed by atoms with Crippen LogP contribution in [0.15, 0.2) is 30.4 Å². The molecule has 0 saturated carbocycles. The van der Waals surface area contributed by atoms with E-state index < -0.39 is 0 Å². The van der Waals surface area contributed by atoms with Crippen LogP contribution in [0.3, 0.4) is 0 Å². The van der Waals surface area contributed by atoms with Crippen LogP contribution in [0.25, 0.3) is 0 Å². The van der Waals surface area contributed by atoms with E-state index in [1.807, 2.05) is 26.0 Å². The van der Waals surface area contributed by atoms with Gasteiger partial charge in [0.1, 0.15) is 6.61 Å². The van der Waals surface area contributed by atoms with Crippen LogP contribution in [-0.4, -0.2) is 19.8 Å². The topological polar surface area (TPSA) is 30.5 Å². The number of ether oxygens (including phenoxy) is 2. The minimum atomic E-state index is 0.519. The van der Waals surface area contributed by atoms with Crippen molar-refractivity contribution in [2.75, 3.05) is 19.8 Å². The van der Waals surface area contributed by atoms with Gasteiger partial charge < -0.3 is 14.8 Å². The average Bonchev–Trinajstić information content (AvgIpc) is 2.38. The molecule has 0 aliphatic rings. The van der Waals surface area contributed by atoms with E-state index in [0.717, 1.165) is 42.1 Å². The fourth-order valence-electron chi connectivity index (χ4n) is 1.73. The summed E-state index contributed by atoms with van der Waals surface area (Å²) >= 11 is 0. The van der Waals surface area contributed by atoms with Crippen LogP contribution in [-0.2, 0) is 6.54 Å². The minimum Gasteiger partial charge on any atom is -0.490 e. The summed E-state index contributed by atoms with van der Waals surface area (Å²) in [6.45, 7) is 12.9. The van der Waals surface area contributed by atoms with E-state index in [-0.39, 0.29) is 0 Å². The summed E-state index contributed by atoms with van der Waals surface area (Å²) in [7, 11) is 0. The molecule has 106 valence electrons. The summed E-state index contributed by atoms with van der Waals surface area (Å²) in [4.78, 5) is 0. The van der Waals surface area contributed by atoms with E-state index in [1.54, 1.807) is 0 Å². The zero-order chi connectivity index (χ0) is 14.1. The van der Waals surface area contributed by atoms with Gasteiger partial charge in [0.05, 0.1) is 6.61 Å². The highest BCUT2D eigenvalue weighted by atomic mass is 16.5. The number of benzene rings is 1. The van der Waals surface area contributed by atoms with Gasteiger partial charge in [-0.15, -0.1) is 0 Å². The Hall–Kier alpha value is -1.48. The predicted molar refractivity (Wildman–Crippen MR) is 79.9 cm³/mol. The van der Waals surface area contributed by atoms with E-state index in [4.69, 9.17) is 9.47 Å². The summed E-state index contributed by atoms with van der Waals surface area (Å²) in [5.41, 5.74) is 2.12. The van der Waals surface area contributed by atoms with Crippen molar-refractivity contribution in [3.05, 3.63) is 35.9 Å². The molecule has 0 aliphatic carbocycles. The minimum absolute atomic E-state index is 0.519. The van der Waals surface area contributed by atoms with Crippen LogP contribution >= 0.6 is 0 Å². The van der Waals surface area contributed by atoms with E-state index in [9.17, 15) is 0 Å². The molecule has 1 aromatic carbocycles. The lowest BCUT2D eigenvalue weighted by Crippen LogP contribution is -2.15. The second-order valence-electron chi connectivity index (χ2n) is 4.60. The highest BCUT2D eigenvalue weighted by molar-refractivity contribution is 5.46. The zero-order valence-electron chi connectivity index (χ0n) is 12.3. The lowest BCUT2D eigenvalue weighted by Gasteiger charge is -2.16. The Balaban J connectivity index is 2.85. The second-order valence-corrected chi connectivity index (χ2v) is 4.60. The monoisotopic (exact) mass is 263 g/mol. The summed E-state index contributed by atoms with van der Waals surface area (Å²) in [5, 5.41) is 3.39. The van der Waals surface area contributed by atoms with Crippen molar-refractivity contribution in [3.63, 3.8) is 0 Å². The number of hydrogen-bond donors (Lipinski definition) is 1. The fourth-order valence-corrected chi connectivity index (χ4v) is 1.73. The number of para-hydroxylation sites is 1. The first kappa shape index (κ1) is 15.6. The maximum absolute atomic E-state index is 5.85. The molecule has 0 fully saturated rings. The molecule has 1 aromatic rings. The summed E-state index contributed by atoms with van der Waals surface area (Å²) in [6, 6.07) is 6.01. The highest BCUT2D eigenvalue weighted by Crippen LogP contribution is 2.31. The fraction of sp³-hybridized carbons (Fsp3) is 0.500. The van der Waals surface area contributed by atoms with Crippen LogP contribution in [0.5, 0.6) is 11.5 Å². The van der Waals surface area contributed by atoms with Gasteiger partial charge in [-0.05, 0) is 38.5 Å². The molecule has 0 saturated heterocycles. The van der Waals surface area contributed by atoms with Gasteiger partial charge in [-0.1, -0.05) is 25.6 Å². The molecule has 0 amide bonds. The molecule has 3 heteroatoms. The van der Waals surface area contributed by atoms with Crippen molar-refractivity contribution < 1.29 is 9.47 Å². The van der Waals surface area contributed by atoms with Gasteiger partial charge in [0, 0.05) is 12.1 Å². The third-order valence-electron chi connectivity index (χ3n) is 2.57. The Morgan fingerprint density at radius 3 is 2.68 bits per heavy atom. The van der Waals surface area contributed by atoms with Crippen molar-refractivity contribution in [2.24, 2.45) is 0 Å². The van der Waals surface area contributed by atoms with Crippen molar-refractivity contribution >= 4 is 0 Å². The first-order valence-corrected chi connectivity index (χ1v) is 6.91. The van der Waals surface area contributed by atoms with Gasteiger partial charge in [0.15, 0.2) is 11.5 Å². The molecular formula is C16H25NO2. The van der Waals surface area contributed by atoms with Gasteiger partial charge in [-0.25, -0.2) is 0 Å². The molecule has 1 N–H and O–H groups in total. The SMILES string of the molecule is C=C(C)COc1c(CNCCC)cccc1OCC. The Labute approximate surface area is 116 Å². The molecule has 1 rings (SSSR count). The van der Waals surface area contributed by atoms with Crippen LogP contribution in [0.1, 0.15) is 32.8 Å². The van der Waals surface area contributed by atoms with Crippen LogP contribution in [0.4, 0.5) is 0 Å². The van der Waals surface area contributed by atoms with Gasteiger partial charge in [-0.3, -0.25) is 0 Å². The molecule has 19 heavy (non-hydrogen) atoms.